The second kappa shape index (κ2) is 6.49. The molecule has 6 nitrogen and oxygen atoms in total. The number of rotatable bonds is 3. The van der Waals surface area contributed by atoms with Gasteiger partial charge in [0.15, 0.2) is 5.65 Å². The molecule has 0 saturated carbocycles. The summed E-state index contributed by atoms with van der Waals surface area (Å²) in [6.45, 7) is 4.12. The fourth-order valence-electron chi connectivity index (χ4n) is 3.09. The summed E-state index contributed by atoms with van der Waals surface area (Å²) in [5.41, 5.74) is 3.08. The summed E-state index contributed by atoms with van der Waals surface area (Å²) in [5, 5.41) is 12.3. The first-order chi connectivity index (χ1) is 11.7. The first-order valence-corrected chi connectivity index (χ1v) is 8.94. The lowest BCUT2D eigenvalue weighted by Gasteiger charge is -2.23. The van der Waals surface area contributed by atoms with Gasteiger partial charge in [0.2, 0.25) is 0 Å². The molecule has 0 aliphatic carbocycles. The molecule has 3 aromatic rings. The average Bonchev–Trinajstić information content (AvgIpc) is 3.04. The number of hydrogen-bond donors (Lipinski definition) is 2. The largest absolute Gasteiger partial charge is 0.339 e. The molecule has 1 aliphatic rings. The van der Waals surface area contributed by atoms with Crippen molar-refractivity contribution in [3.8, 4) is 0 Å². The Morgan fingerprint density at radius 1 is 1.25 bits per heavy atom. The molecule has 7 heteroatoms. The normalized spacial score (nSPS) is 15.8. The van der Waals surface area contributed by atoms with Gasteiger partial charge in [0.1, 0.15) is 12.1 Å². The second-order valence-corrected chi connectivity index (χ2v) is 6.97. The highest BCUT2D eigenvalue weighted by molar-refractivity contribution is 9.10. The smallest absolute Gasteiger partial charge is 0.163 e. The van der Waals surface area contributed by atoms with Gasteiger partial charge in [-0.05, 0) is 50.6 Å². The minimum atomic E-state index is 0.403. The monoisotopic (exact) mass is 386 g/mol. The average molecular weight is 387 g/mol. The molecule has 124 valence electrons. The Labute approximate surface area is 148 Å². The number of fused-ring (bicyclic) bond motifs is 1. The predicted octanol–water partition coefficient (Wildman–Crippen LogP) is 3.57. The first kappa shape index (κ1) is 15.5. The van der Waals surface area contributed by atoms with E-state index in [9.17, 15) is 0 Å². The standard InChI is InChI=1S/C17H19BrN6/c1-11-2-3-12(8-15(11)18)23-16-14-9-22-24(17(14)21-10-20-16)13-4-6-19-7-5-13/h2-3,8-10,13,19H,4-7H2,1H3,(H,20,21,23). The maximum Gasteiger partial charge on any atom is 0.163 e. The van der Waals surface area contributed by atoms with Gasteiger partial charge in [-0.2, -0.15) is 5.10 Å². The molecule has 1 fully saturated rings. The van der Waals surface area contributed by atoms with Gasteiger partial charge in [-0.3, -0.25) is 0 Å². The maximum atomic E-state index is 4.59. The van der Waals surface area contributed by atoms with Crippen LogP contribution in [-0.2, 0) is 0 Å². The summed E-state index contributed by atoms with van der Waals surface area (Å²) in [6.07, 6.45) is 5.62. The van der Waals surface area contributed by atoms with E-state index in [2.05, 4.69) is 60.7 Å². The number of halogens is 1. The zero-order chi connectivity index (χ0) is 16.5. The van der Waals surface area contributed by atoms with Gasteiger partial charge < -0.3 is 10.6 Å². The van der Waals surface area contributed by atoms with Crippen LogP contribution in [0.4, 0.5) is 11.5 Å². The third kappa shape index (κ3) is 2.89. The molecule has 4 rings (SSSR count). The Balaban J connectivity index is 1.68. The van der Waals surface area contributed by atoms with Crippen LogP contribution in [0.25, 0.3) is 11.0 Å². The summed E-state index contributed by atoms with van der Waals surface area (Å²) >= 11 is 3.57. The lowest BCUT2D eigenvalue weighted by Crippen LogP contribution is -2.29. The summed E-state index contributed by atoms with van der Waals surface area (Å²) in [4.78, 5) is 8.88. The van der Waals surface area contributed by atoms with Crippen molar-refractivity contribution in [1.29, 1.82) is 0 Å². The summed E-state index contributed by atoms with van der Waals surface area (Å²) in [7, 11) is 0. The van der Waals surface area contributed by atoms with Crippen molar-refractivity contribution in [1.82, 2.24) is 25.1 Å². The van der Waals surface area contributed by atoms with Gasteiger partial charge in [-0.15, -0.1) is 0 Å². The van der Waals surface area contributed by atoms with Gasteiger partial charge in [0.25, 0.3) is 0 Å². The number of hydrogen-bond acceptors (Lipinski definition) is 5. The Hall–Kier alpha value is -1.99. The Morgan fingerprint density at radius 3 is 2.88 bits per heavy atom. The molecule has 0 spiro atoms. The molecule has 0 amide bonds. The number of aryl methyl sites for hydroxylation is 1. The molecule has 0 bridgehead atoms. The highest BCUT2D eigenvalue weighted by Gasteiger charge is 2.19. The van der Waals surface area contributed by atoms with Crippen molar-refractivity contribution in [2.75, 3.05) is 18.4 Å². The number of nitrogens with one attached hydrogen (secondary N) is 2. The van der Waals surface area contributed by atoms with E-state index in [0.717, 1.165) is 52.9 Å². The summed E-state index contributed by atoms with van der Waals surface area (Å²) in [5.74, 6) is 0.788. The zero-order valence-electron chi connectivity index (χ0n) is 13.5. The Kier molecular flexibility index (Phi) is 4.20. The van der Waals surface area contributed by atoms with Crippen molar-refractivity contribution < 1.29 is 0 Å². The predicted molar refractivity (Wildman–Crippen MR) is 98.6 cm³/mol. The van der Waals surface area contributed by atoms with Crippen molar-refractivity contribution in [3.63, 3.8) is 0 Å². The van der Waals surface area contributed by atoms with Gasteiger partial charge in [0.05, 0.1) is 17.6 Å². The Morgan fingerprint density at radius 2 is 2.08 bits per heavy atom. The van der Waals surface area contributed by atoms with E-state index in [0.29, 0.717) is 6.04 Å². The van der Waals surface area contributed by atoms with Gasteiger partial charge >= 0.3 is 0 Å². The van der Waals surface area contributed by atoms with Crippen LogP contribution in [0.5, 0.6) is 0 Å². The maximum absolute atomic E-state index is 4.59. The van der Waals surface area contributed by atoms with Crippen molar-refractivity contribution in [2.24, 2.45) is 0 Å². The highest BCUT2D eigenvalue weighted by Crippen LogP contribution is 2.28. The van der Waals surface area contributed by atoms with E-state index < -0.39 is 0 Å². The highest BCUT2D eigenvalue weighted by atomic mass is 79.9. The Bertz CT molecular complexity index is 869. The van der Waals surface area contributed by atoms with E-state index >= 15 is 0 Å². The lowest BCUT2D eigenvalue weighted by molar-refractivity contribution is 0.349. The van der Waals surface area contributed by atoms with Crippen molar-refractivity contribution >= 4 is 38.5 Å². The molecule has 1 aromatic carbocycles. The van der Waals surface area contributed by atoms with E-state index in [1.165, 1.54) is 5.56 Å². The summed E-state index contributed by atoms with van der Waals surface area (Å²) < 4.78 is 3.12. The second-order valence-electron chi connectivity index (χ2n) is 6.12. The van der Waals surface area contributed by atoms with Crippen LogP contribution in [0.15, 0.2) is 35.2 Å². The first-order valence-electron chi connectivity index (χ1n) is 8.14. The molecule has 0 unspecified atom stereocenters. The fourth-order valence-corrected chi connectivity index (χ4v) is 3.47. The molecule has 0 radical (unpaired) electrons. The molecule has 2 aromatic heterocycles. The molecular formula is C17H19BrN6. The number of benzene rings is 1. The van der Waals surface area contributed by atoms with Crippen molar-refractivity contribution in [3.05, 3.63) is 40.8 Å². The van der Waals surface area contributed by atoms with E-state index in [4.69, 9.17) is 0 Å². The topological polar surface area (TPSA) is 67.7 Å². The van der Waals surface area contributed by atoms with Gasteiger partial charge in [-0.25, -0.2) is 14.6 Å². The lowest BCUT2D eigenvalue weighted by atomic mass is 10.1. The molecule has 2 N–H and O–H groups in total. The van der Waals surface area contributed by atoms with Gasteiger partial charge in [0, 0.05) is 10.2 Å². The third-order valence-corrected chi connectivity index (χ3v) is 5.33. The minimum Gasteiger partial charge on any atom is -0.339 e. The van der Waals surface area contributed by atoms with Crippen molar-refractivity contribution in [2.45, 2.75) is 25.8 Å². The van der Waals surface area contributed by atoms with Crippen LogP contribution < -0.4 is 10.6 Å². The quantitative estimate of drug-likeness (QED) is 0.719. The van der Waals surface area contributed by atoms with Crippen LogP contribution >= 0.6 is 15.9 Å². The summed E-state index contributed by atoms with van der Waals surface area (Å²) in [6, 6.07) is 6.58. The molecule has 24 heavy (non-hydrogen) atoms. The van der Waals surface area contributed by atoms with E-state index in [1.807, 2.05) is 16.9 Å². The van der Waals surface area contributed by atoms with Crippen LogP contribution in [0.2, 0.25) is 0 Å². The molecule has 1 saturated heterocycles. The van der Waals surface area contributed by atoms with E-state index in [-0.39, 0.29) is 0 Å². The van der Waals surface area contributed by atoms with Crippen LogP contribution in [0.1, 0.15) is 24.4 Å². The molecule has 3 heterocycles. The number of nitrogens with zero attached hydrogens (tertiary/aromatic N) is 4. The molecule has 1 aliphatic heterocycles. The fraction of sp³-hybridized carbons (Fsp3) is 0.353. The minimum absolute atomic E-state index is 0.403. The zero-order valence-corrected chi connectivity index (χ0v) is 15.0. The van der Waals surface area contributed by atoms with Crippen LogP contribution in [0.3, 0.4) is 0 Å². The molecule has 0 atom stereocenters. The van der Waals surface area contributed by atoms with Crippen LogP contribution in [0, 0.1) is 6.92 Å². The number of piperidine rings is 1. The van der Waals surface area contributed by atoms with Crippen LogP contribution in [-0.4, -0.2) is 32.8 Å². The van der Waals surface area contributed by atoms with E-state index in [1.54, 1.807) is 6.33 Å². The number of anilines is 2. The third-order valence-electron chi connectivity index (χ3n) is 4.48. The SMILES string of the molecule is Cc1ccc(Nc2ncnc3c2cnn3C2CCNCC2)cc1Br. The number of aromatic nitrogens is 4. The van der Waals surface area contributed by atoms with Gasteiger partial charge in [-0.1, -0.05) is 22.0 Å². The molecular weight excluding hydrogens is 368 g/mol.